The first kappa shape index (κ1) is 12.6. The molecule has 0 spiro atoms. The molecule has 1 heterocycles. The third-order valence-electron chi connectivity index (χ3n) is 4.08. The van der Waals surface area contributed by atoms with Gasteiger partial charge >= 0.3 is 0 Å². The van der Waals surface area contributed by atoms with Crippen molar-refractivity contribution in [3.8, 4) is 0 Å². The second-order valence-corrected chi connectivity index (χ2v) is 5.43. The Morgan fingerprint density at radius 1 is 1.29 bits per heavy atom. The molecule has 17 heavy (non-hydrogen) atoms. The topological polar surface area (TPSA) is 15.3 Å². The van der Waals surface area contributed by atoms with E-state index in [0.717, 1.165) is 26.2 Å². The van der Waals surface area contributed by atoms with Crippen LogP contribution in [0.1, 0.15) is 31.4 Å². The van der Waals surface area contributed by atoms with E-state index in [1.807, 2.05) is 0 Å². The SMILES string of the molecule is CCC1(C)CNCCN1Cc1ccc(C)cc1. The van der Waals surface area contributed by atoms with Gasteiger partial charge in [0.25, 0.3) is 0 Å². The van der Waals surface area contributed by atoms with E-state index in [0.29, 0.717) is 5.54 Å². The lowest BCUT2D eigenvalue weighted by atomic mass is 9.93. The van der Waals surface area contributed by atoms with Gasteiger partial charge in [-0.3, -0.25) is 4.90 Å². The van der Waals surface area contributed by atoms with E-state index < -0.39 is 0 Å². The van der Waals surface area contributed by atoms with Gasteiger partial charge in [-0.2, -0.15) is 0 Å². The summed E-state index contributed by atoms with van der Waals surface area (Å²) in [6, 6.07) is 8.93. The molecular weight excluding hydrogens is 208 g/mol. The maximum Gasteiger partial charge on any atom is 0.0307 e. The molecule has 0 bridgehead atoms. The first-order chi connectivity index (χ1) is 8.14. The molecule has 1 aliphatic heterocycles. The van der Waals surface area contributed by atoms with Gasteiger partial charge in [0.05, 0.1) is 0 Å². The van der Waals surface area contributed by atoms with E-state index in [4.69, 9.17) is 0 Å². The standard InChI is InChI=1S/C15H24N2/c1-4-15(3)12-16-9-10-17(15)11-14-7-5-13(2)6-8-14/h5-8,16H,4,9-12H2,1-3H3. The largest absolute Gasteiger partial charge is 0.314 e. The summed E-state index contributed by atoms with van der Waals surface area (Å²) in [6.07, 6.45) is 1.20. The number of nitrogens with one attached hydrogen (secondary N) is 1. The number of rotatable bonds is 3. The van der Waals surface area contributed by atoms with Gasteiger partial charge in [0.1, 0.15) is 0 Å². The number of benzene rings is 1. The molecule has 2 rings (SSSR count). The van der Waals surface area contributed by atoms with Crippen LogP contribution in [0.3, 0.4) is 0 Å². The summed E-state index contributed by atoms with van der Waals surface area (Å²) in [5.41, 5.74) is 3.08. The molecular formula is C15H24N2. The molecule has 2 heteroatoms. The minimum atomic E-state index is 0.309. The molecule has 1 aromatic rings. The molecule has 1 saturated heterocycles. The van der Waals surface area contributed by atoms with Crippen LogP contribution in [0.2, 0.25) is 0 Å². The van der Waals surface area contributed by atoms with Crippen LogP contribution in [-0.2, 0) is 6.54 Å². The Kier molecular flexibility index (Phi) is 3.85. The fraction of sp³-hybridized carbons (Fsp3) is 0.600. The molecule has 1 fully saturated rings. The van der Waals surface area contributed by atoms with Crippen LogP contribution >= 0.6 is 0 Å². The monoisotopic (exact) mass is 232 g/mol. The third kappa shape index (κ3) is 2.88. The molecule has 1 N–H and O–H groups in total. The van der Waals surface area contributed by atoms with Crippen LogP contribution in [0.5, 0.6) is 0 Å². The number of hydrogen-bond donors (Lipinski definition) is 1. The van der Waals surface area contributed by atoms with Crippen molar-refractivity contribution in [1.29, 1.82) is 0 Å². The number of aryl methyl sites for hydroxylation is 1. The van der Waals surface area contributed by atoms with Crippen LogP contribution in [0.4, 0.5) is 0 Å². The summed E-state index contributed by atoms with van der Waals surface area (Å²) in [5.74, 6) is 0. The Labute approximate surface area is 105 Å². The molecule has 0 aliphatic carbocycles. The average Bonchev–Trinajstić information content (AvgIpc) is 2.35. The quantitative estimate of drug-likeness (QED) is 0.861. The van der Waals surface area contributed by atoms with E-state index in [2.05, 4.69) is 55.3 Å². The predicted molar refractivity (Wildman–Crippen MR) is 73.2 cm³/mol. The molecule has 0 amide bonds. The molecule has 1 aliphatic rings. The van der Waals surface area contributed by atoms with Gasteiger partial charge < -0.3 is 5.32 Å². The zero-order valence-electron chi connectivity index (χ0n) is 11.3. The second kappa shape index (κ2) is 5.19. The van der Waals surface area contributed by atoms with Gasteiger partial charge in [0.15, 0.2) is 0 Å². The normalized spacial score (nSPS) is 26.1. The minimum absolute atomic E-state index is 0.309. The highest BCUT2D eigenvalue weighted by molar-refractivity contribution is 5.21. The Morgan fingerprint density at radius 2 is 2.00 bits per heavy atom. The van der Waals surface area contributed by atoms with Crippen LogP contribution in [0, 0.1) is 6.92 Å². The van der Waals surface area contributed by atoms with Crippen molar-refractivity contribution < 1.29 is 0 Å². The zero-order valence-corrected chi connectivity index (χ0v) is 11.3. The van der Waals surface area contributed by atoms with Gasteiger partial charge in [-0.15, -0.1) is 0 Å². The van der Waals surface area contributed by atoms with Crippen molar-refractivity contribution in [3.63, 3.8) is 0 Å². The number of hydrogen-bond acceptors (Lipinski definition) is 2. The van der Waals surface area contributed by atoms with Crippen LogP contribution < -0.4 is 5.32 Å². The Bertz CT molecular complexity index is 358. The lowest BCUT2D eigenvalue weighted by Crippen LogP contribution is -2.58. The summed E-state index contributed by atoms with van der Waals surface area (Å²) in [6.45, 7) is 11.2. The Balaban J connectivity index is 2.08. The van der Waals surface area contributed by atoms with E-state index in [-0.39, 0.29) is 0 Å². The molecule has 1 aromatic carbocycles. The molecule has 0 aromatic heterocycles. The maximum absolute atomic E-state index is 3.51. The van der Waals surface area contributed by atoms with Crippen molar-refractivity contribution in [2.24, 2.45) is 0 Å². The van der Waals surface area contributed by atoms with Gasteiger partial charge in [0.2, 0.25) is 0 Å². The fourth-order valence-electron chi connectivity index (χ4n) is 2.49. The van der Waals surface area contributed by atoms with Gasteiger partial charge in [0, 0.05) is 31.7 Å². The first-order valence-corrected chi connectivity index (χ1v) is 6.65. The lowest BCUT2D eigenvalue weighted by molar-refractivity contribution is 0.0637. The maximum atomic E-state index is 3.51. The molecule has 94 valence electrons. The highest BCUT2D eigenvalue weighted by atomic mass is 15.2. The van der Waals surface area contributed by atoms with Crippen molar-refractivity contribution in [2.75, 3.05) is 19.6 Å². The third-order valence-corrected chi connectivity index (χ3v) is 4.08. The highest BCUT2D eigenvalue weighted by Crippen LogP contribution is 2.23. The first-order valence-electron chi connectivity index (χ1n) is 6.65. The van der Waals surface area contributed by atoms with Crippen molar-refractivity contribution >= 4 is 0 Å². The Hall–Kier alpha value is -0.860. The summed E-state index contributed by atoms with van der Waals surface area (Å²) in [4.78, 5) is 2.62. The van der Waals surface area contributed by atoms with E-state index in [1.54, 1.807) is 0 Å². The smallest absolute Gasteiger partial charge is 0.0307 e. The molecule has 0 saturated carbocycles. The van der Waals surface area contributed by atoms with E-state index in [9.17, 15) is 0 Å². The van der Waals surface area contributed by atoms with Crippen molar-refractivity contribution in [1.82, 2.24) is 10.2 Å². The van der Waals surface area contributed by atoms with Crippen LogP contribution in [0.15, 0.2) is 24.3 Å². The average molecular weight is 232 g/mol. The summed E-state index contributed by atoms with van der Waals surface area (Å²) >= 11 is 0. The lowest BCUT2D eigenvalue weighted by Gasteiger charge is -2.45. The van der Waals surface area contributed by atoms with Gasteiger partial charge in [-0.1, -0.05) is 36.8 Å². The minimum Gasteiger partial charge on any atom is -0.314 e. The Morgan fingerprint density at radius 3 is 2.65 bits per heavy atom. The molecule has 0 radical (unpaired) electrons. The van der Waals surface area contributed by atoms with Crippen LogP contribution in [0.25, 0.3) is 0 Å². The zero-order chi connectivity index (χ0) is 12.3. The predicted octanol–water partition coefficient (Wildman–Crippen LogP) is 2.57. The highest BCUT2D eigenvalue weighted by Gasteiger charge is 2.32. The number of piperazine rings is 1. The molecule has 1 atom stereocenters. The van der Waals surface area contributed by atoms with E-state index in [1.165, 1.54) is 17.5 Å². The van der Waals surface area contributed by atoms with Gasteiger partial charge in [-0.25, -0.2) is 0 Å². The van der Waals surface area contributed by atoms with Crippen molar-refractivity contribution in [3.05, 3.63) is 35.4 Å². The van der Waals surface area contributed by atoms with E-state index >= 15 is 0 Å². The summed E-state index contributed by atoms with van der Waals surface area (Å²) in [7, 11) is 0. The summed E-state index contributed by atoms with van der Waals surface area (Å²) in [5, 5.41) is 3.51. The second-order valence-electron chi connectivity index (χ2n) is 5.43. The fourth-order valence-corrected chi connectivity index (χ4v) is 2.49. The van der Waals surface area contributed by atoms with Crippen molar-refractivity contribution in [2.45, 2.75) is 39.3 Å². The van der Waals surface area contributed by atoms with Crippen LogP contribution in [-0.4, -0.2) is 30.1 Å². The molecule has 1 unspecified atom stereocenters. The van der Waals surface area contributed by atoms with Gasteiger partial charge in [-0.05, 0) is 25.8 Å². The summed E-state index contributed by atoms with van der Waals surface area (Å²) < 4.78 is 0. The molecule has 2 nitrogen and oxygen atoms in total. The number of nitrogens with zero attached hydrogens (tertiary/aromatic N) is 1.